The van der Waals surface area contributed by atoms with Gasteiger partial charge in [-0.3, -0.25) is 0 Å². The number of carbonyl (C=O) groups is 1. The van der Waals surface area contributed by atoms with Crippen LogP contribution in [0, 0.1) is 0 Å². The Balaban J connectivity index is 2.31. The van der Waals surface area contributed by atoms with Crippen LogP contribution < -0.4 is 0 Å². The molecule has 0 amide bonds. The number of nitrogens with zero attached hydrogens (tertiary/aromatic N) is 4. The molecule has 2 aromatic heterocycles. The highest BCUT2D eigenvalue weighted by Gasteiger charge is 2.32. The third-order valence-electron chi connectivity index (χ3n) is 2.24. The zero-order valence-electron chi connectivity index (χ0n) is 10.3. The molecule has 0 saturated heterocycles. The zero-order valence-corrected chi connectivity index (χ0v) is 10.3. The fourth-order valence-electron chi connectivity index (χ4n) is 1.38. The van der Waals surface area contributed by atoms with Gasteiger partial charge >= 0.3 is 12.1 Å². The van der Waals surface area contributed by atoms with Gasteiger partial charge in [0.15, 0.2) is 11.5 Å². The molecule has 20 heavy (non-hydrogen) atoms. The van der Waals surface area contributed by atoms with Crippen LogP contribution in [0.5, 0.6) is 0 Å². The van der Waals surface area contributed by atoms with E-state index in [0.717, 1.165) is 16.9 Å². The van der Waals surface area contributed by atoms with E-state index in [4.69, 9.17) is 4.74 Å². The van der Waals surface area contributed by atoms with Crippen molar-refractivity contribution in [2.45, 2.75) is 13.1 Å². The molecular formula is C11H9F3N4O2. The number of alkyl halides is 3. The molecule has 0 N–H and O–H groups in total. The standard InChI is InChI=1S/C11H9F3N4O2/c1-2-20-10(19)7-6-18(17-16-7)9-5-3-4-8(15-9)11(12,13)14/h3-6H,2H2,1H3. The zero-order chi connectivity index (χ0) is 14.8. The highest BCUT2D eigenvalue weighted by Crippen LogP contribution is 2.27. The molecule has 0 aromatic carbocycles. The first-order chi connectivity index (χ1) is 9.41. The van der Waals surface area contributed by atoms with Gasteiger partial charge in [0.05, 0.1) is 12.8 Å². The second-order valence-electron chi connectivity index (χ2n) is 3.65. The number of hydrogen-bond donors (Lipinski definition) is 0. The number of ether oxygens (including phenoxy) is 1. The number of rotatable bonds is 3. The maximum atomic E-state index is 12.5. The Morgan fingerprint density at radius 3 is 2.80 bits per heavy atom. The number of aromatic nitrogens is 4. The lowest BCUT2D eigenvalue weighted by molar-refractivity contribution is -0.141. The minimum absolute atomic E-state index is 0.0946. The van der Waals surface area contributed by atoms with Crippen LogP contribution in [0.4, 0.5) is 13.2 Å². The van der Waals surface area contributed by atoms with Gasteiger partial charge in [0.1, 0.15) is 5.69 Å². The predicted molar refractivity (Wildman–Crippen MR) is 60.1 cm³/mol. The molecule has 2 rings (SSSR count). The van der Waals surface area contributed by atoms with E-state index in [1.807, 2.05) is 0 Å². The summed E-state index contributed by atoms with van der Waals surface area (Å²) in [6, 6.07) is 3.35. The molecule has 0 aliphatic rings. The lowest BCUT2D eigenvalue weighted by Gasteiger charge is -2.06. The maximum absolute atomic E-state index is 12.5. The summed E-state index contributed by atoms with van der Waals surface area (Å²) >= 11 is 0. The minimum Gasteiger partial charge on any atom is -0.461 e. The maximum Gasteiger partial charge on any atom is 0.433 e. The molecule has 2 aromatic rings. The summed E-state index contributed by atoms with van der Waals surface area (Å²) < 4.78 is 43.3. The van der Waals surface area contributed by atoms with Crippen molar-refractivity contribution in [3.05, 3.63) is 35.8 Å². The number of hydrogen-bond acceptors (Lipinski definition) is 5. The minimum atomic E-state index is -4.55. The largest absolute Gasteiger partial charge is 0.461 e. The average Bonchev–Trinajstić information content (AvgIpc) is 2.88. The van der Waals surface area contributed by atoms with Crippen molar-refractivity contribution in [2.75, 3.05) is 6.61 Å². The van der Waals surface area contributed by atoms with E-state index in [0.29, 0.717) is 0 Å². The van der Waals surface area contributed by atoms with Crippen LogP contribution >= 0.6 is 0 Å². The van der Waals surface area contributed by atoms with E-state index in [1.165, 1.54) is 12.1 Å². The van der Waals surface area contributed by atoms with Crippen molar-refractivity contribution in [1.82, 2.24) is 20.0 Å². The van der Waals surface area contributed by atoms with Gasteiger partial charge in [0.25, 0.3) is 0 Å². The topological polar surface area (TPSA) is 69.9 Å². The molecule has 6 nitrogen and oxygen atoms in total. The van der Waals surface area contributed by atoms with Gasteiger partial charge < -0.3 is 4.74 Å². The lowest BCUT2D eigenvalue weighted by Crippen LogP contribution is -2.10. The summed E-state index contributed by atoms with van der Waals surface area (Å²) in [6.45, 7) is 1.78. The van der Waals surface area contributed by atoms with E-state index in [1.54, 1.807) is 6.92 Å². The number of pyridine rings is 1. The Kier molecular flexibility index (Phi) is 3.68. The second-order valence-corrected chi connectivity index (χ2v) is 3.65. The summed E-state index contributed by atoms with van der Waals surface area (Å²) in [5.41, 5.74) is -1.16. The van der Waals surface area contributed by atoms with Crippen LogP contribution in [-0.2, 0) is 10.9 Å². The van der Waals surface area contributed by atoms with Crippen LogP contribution in [0.25, 0.3) is 5.82 Å². The molecule has 2 heterocycles. The molecule has 0 atom stereocenters. The molecule has 0 unspecified atom stereocenters. The third-order valence-corrected chi connectivity index (χ3v) is 2.24. The predicted octanol–water partition coefficient (Wildman–Crippen LogP) is 1.86. The van der Waals surface area contributed by atoms with Gasteiger partial charge in [-0.1, -0.05) is 11.3 Å². The first-order valence-electron chi connectivity index (χ1n) is 5.56. The van der Waals surface area contributed by atoms with E-state index in [9.17, 15) is 18.0 Å². The summed E-state index contributed by atoms with van der Waals surface area (Å²) in [6.07, 6.45) is -3.40. The van der Waals surface area contributed by atoms with Crippen LogP contribution in [0.1, 0.15) is 23.1 Å². The first kappa shape index (κ1) is 14.0. The molecule has 0 radical (unpaired) electrons. The highest BCUT2D eigenvalue weighted by molar-refractivity contribution is 5.86. The molecular weight excluding hydrogens is 277 g/mol. The van der Waals surface area contributed by atoms with Gasteiger partial charge in [-0.2, -0.15) is 13.2 Å². The van der Waals surface area contributed by atoms with Crippen molar-refractivity contribution in [2.24, 2.45) is 0 Å². The van der Waals surface area contributed by atoms with Gasteiger partial charge in [0.2, 0.25) is 0 Å². The van der Waals surface area contributed by atoms with E-state index < -0.39 is 17.8 Å². The molecule has 0 spiro atoms. The molecule has 0 bridgehead atoms. The fourth-order valence-corrected chi connectivity index (χ4v) is 1.38. The van der Waals surface area contributed by atoms with Gasteiger partial charge in [-0.25, -0.2) is 14.5 Å². The average molecular weight is 286 g/mol. The van der Waals surface area contributed by atoms with Crippen LogP contribution in [0.15, 0.2) is 24.4 Å². The first-order valence-corrected chi connectivity index (χ1v) is 5.56. The van der Waals surface area contributed by atoms with Crippen molar-refractivity contribution in [1.29, 1.82) is 0 Å². The van der Waals surface area contributed by atoms with E-state index in [2.05, 4.69) is 15.3 Å². The van der Waals surface area contributed by atoms with Crippen molar-refractivity contribution < 1.29 is 22.7 Å². The summed E-state index contributed by atoms with van der Waals surface area (Å²) in [5, 5.41) is 7.07. The Morgan fingerprint density at radius 1 is 1.40 bits per heavy atom. The Hall–Kier alpha value is -2.45. The Labute approximate surface area is 111 Å². The highest BCUT2D eigenvalue weighted by atomic mass is 19.4. The Bertz CT molecular complexity index is 624. The van der Waals surface area contributed by atoms with E-state index >= 15 is 0 Å². The van der Waals surface area contributed by atoms with Crippen molar-refractivity contribution in [3.63, 3.8) is 0 Å². The SMILES string of the molecule is CCOC(=O)c1cn(-c2cccc(C(F)(F)F)n2)nn1. The van der Waals surface area contributed by atoms with Crippen LogP contribution in [0.3, 0.4) is 0 Å². The molecule has 0 saturated carbocycles. The number of halogens is 3. The van der Waals surface area contributed by atoms with Gasteiger partial charge in [-0.15, -0.1) is 5.10 Å². The molecule has 106 valence electrons. The summed E-state index contributed by atoms with van der Waals surface area (Å²) in [5.74, 6) is -0.798. The Morgan fingerprint density at radius 2 is 2.15 bits per heavy atom. The second kappa shape index (κ2) is 5.27. The molecule has 0 aliphatic heterocycles. The molecule has 9 heteroatoms. The van der Waals surface area contributed by atoms with Crippen molar-refractivity contribution in [3.8, 4) is 5.82 Å². The third kappa shape index (κ3) is 2.92. The van der Waals surface area contributed by atoms with Gasteiger partial charge in [0, 0.05) is 0 Å². The number of carbonyl (C=O) groups excluding carboxylic acids is 1. The van der Waals surface area contributed by atoms with Crippen LogP contribution in [-0.4, -0.2) is 32.6 Å². The monoisotopic (exact) mass is 286 g/mol. The van der Waals surface area contributed by atoms with Crippen LogP contribution in [0.2, 0.25) is 0 Å². The van der Waals surface area contributed by atoms with Crippen molar-refractivity contribution >= 4 is 5.97 Å². The number of esters is 1. The summed E-state index contributed by atoms with van der Waals surface area (Å²) in [4.78, 5) is 14.8. The normalized spacial score (nSPS) is 11.4. The molecule has 0 fully saturated rings. The smallest absolute Gasteiger partial charge is 0.433 e. The molecule has 0 aliphatic carbocycles. The van der Waals surface area contributed by atoms with Gasteiger partial charge in [-0.05, 0) is 19.1 Å². The van der Waals surface area contributed by atoms with E-state index in [-0.39, 0.29) is 18.1 Å². The fraction of sp³-hybridized carbons (Fsp3) is 0.273. The summed E-state index contributed by atoms with van der Waals surface area (Å²) in [7, 11) is 0. The quantitative estimate of drug-likeness (QED) is 0.805. The lowest BCUT2D eigenvalue weighted by atomic mass is 10.3.